The van der Waals surface area contributed by atoms with E-state index in [4.69, 9.17) is 0 Å². The fourth-order valence-corrected chi connectivity index (χ4v) is 2.43. The van der Waals surface area contributed by atoms with E-state index in [0.29, 0.717) is 0 Å². The first-order valence-corrected chi connectivity index (χ1v) is 8.10. The predicted octanol–water partition coefficient (Wildman–Crippen LogP) is 6.90. The van der Waals surface area contributed by atoms with E-state index in [-0.39, 0.29) is 0 Å². The highest BCUT2D eigenvalue weighted by Crippen LogP contribution is 2.15. The van der Waals surface area contributed by atoms with E-state index in [1.807, 2.05) is 18.2 Å². The van der Waals surface area contributed by atoms with E-state index in [0.717, 1.165) is 11.1 Å². The third-order valence-corrected chi connectivity index (χ3v) is 3.73. The molecule has 3 aromatic rings. The summed E-state index contributed by atoms with van der Waals surface area (Å²) in [4.78, 5) is 0. The van der Waals surface area contributed by atoms with Crippen LogP contribution in [0.5, 0.6) is 0 Å². The first kappa shape index (κ1) is 17.5. The first-order valence-electron chi connectivity index (χ1n) is 8.10. The van der Waals surface area contributed by atoms with E-state index in [9.17, 15) is 0 Å². The van der Waals surface area contributed by atoms with Gasteiger partial charge in [-0.25, -0.2) is 0 Å². The van der Waals surface area contributed by atoms with Crippen LogP contribution >= 0.6 is 0 Å². The molecule has 3 aromatic carbocycles. The maximum absolute atomic E-state index is 3.97. The van der Waals surface area contributed by atoms with Crippen LogP contribution < -0.4 is 0 Å². The molecule has 0 saturated carbocycles. The average molecular weight is 312 g/mol. The zero-order chi connectivity index (χ0) is 17.4. The van der Waals surface area contributed by atoms with Crippen molar-refractivity contribution in [2.75, 3.05) is 0 Å². The van der Waals surface area contributed by atoms with Gasteiger partial charge in [0.2, 0.25) is 0 Å². The summed E-state index contributed by atoms with van der Waals surface area (Å²) in [5, 5.41) is 2.64. The fourth-order valence-electron chi connectivity index (χ4n) is 2.43. The van der Waals surface area contributed by atoms with Crippen LogP contribution in [-0.2, 0) is 0 Å². The molecule has 0 atom stereocenters. The Balaban J connectivity index is 0.000000175. The Morgan fingerprint density at radius 1 is 0.792 bits per heavy atom. The SMILES string of the molecule is C=C/C=C\C(=C)c1cccc(C)c1.Cc1ccc2ccccc2c1. The van der Waals surface area contributed by atoms with Gasteiger partial charge in [-0.3, -0.25) is 0 Å². The van der Waals surface area contributed by atoms with Crippen molar-refractivity contribution >= 4 is 16.3 Å². The minimum Gasteiger partial charge on any atom is -0.0991 e. The van der Waals surface area contributed by atoms with Gasteiger partial charge in [-0.2, -0.15) is 0 Å². The molecule has 0 unspecified atom stereocenters. The molecule has 0 amide bonds. The lowest BCUT2D eigenvalue weighted by atomic mass is 10.0. The van der Waals surface area contributed by atoms with Crippen LogP contribution in [0, 0.1) is 13.8 Å². The van der Waals surface area contributed by atoms with E-state index >= 15 is 0 Å². The van der Waals surface area contributed by atoms with Gasteiger partial charge in [0.1, 0.15) is 0 Å². The maximum Gasteiger partial charge on any atom is -0.0181 e. The summed E-state index contributed by atoms with van der Waals surface area (Å²) in [6, 6.07) is 23.2. The number of fused-ring (bicyclic) bond motifs is 1. The normalized spacial score (nSPS) is 10.2. The molecule has 0 nitrogen and oxygen atoms in total. The lowest BCUT2D eigenvalue weighted by molar-refractivity contribution is 1.45. The monoisotopic (exact) mass is 312 g/mol. The average Bonchev–Trinajstić information content (AvgIpc) is 2.60. The van der Waals surface area contributed by atoms with Crippen molar-refractivity contribution < 1.29 is 0 Å². The first-order chi connectivity index (χ1) is 11.6. The van der Waals surface area contributed by atoms with E-state index in [1.165, 1.54) is 21.9 Å². The Hall–Kier alpha value is -2.86. The fraction of sp³-hybridized carbons (Fsp3) is 0.0833. The Morgan fingerprint density at radius 2 is 1.50 bits per heavy atom. The summed E-state index contributed by atoms with van der Waals surface area (Å²) in [5.41, 5.74) is 4.76. The third-order valence-electron chi connectivity index (χ3n) is 3.73. The summed E-state index contributed by atoms with van der Waals surface area (Å²) in [6.45, 7) is 11.8. The number of allylic oxidation sites excluding steroid dienone is 4. The smallest absolute Gasteiger partial charge is 0.0181 e. The Morgan fingerprint density at radius 3 is 2.21 bits per heavy atom. The highest BCUT2D eigenvalue weighted by atomic mass is 14.0. The van der Waals surface area contributed by atoms with Crippen molar-refractivity contribution in [1.82, 2.24) is 0 Å². The van der Waals surface area contributed by atoms with Crippen molar-refractivity contribution in [1.29, 1.82) is 0 Å². The zero-order valence-electron chi connectivity index (χ0n) is 14.5. The largest absolute Gasteiger partial charge is 0.0991 e. The second-order valence-electron chi connectivity index (χ2n) is 5.84. The van der Waals surface area contributed by atoms with Crippen LogP contribution in [0.15, 0.2) is 98.1 Å². The molecule has 0 aliphatic heterocycles. The standard InChI is InChI=1S/C13H14.C11H10/c1-4-5-8-12(3)13-9-6-7-11(2)10-13;1-9-6-7-10-4-2-3-5-11(10)8-9/h4-10H,1,3H2,2H3;2-8H,1H3/b8-5-;. The molecule has 0 aliphatic carbocycles. The van der Waals surface area contributed by atoms with Crippen LogP contribution in [0.4, 0.5) is 0 Å². The molecule has 0 spiro atoms. The van der Waals surface area contributed by atoms with Crippen molar-refractivity contribution in [2.24, 2.45) is 0 Å². The Bertz CT molecular complexity index is 866. The molecule has 0 fully saturated rings. The Labute approximate surface area is 145 Å². The molecule has 0 aromatic heterocycles. The van der Waals surface area contributed by atoms with Crippen molar-refractivity contribution in [3.63, 3.8) is 0 Å². The van der Waals surface area contributed by atoms with Crippen LogP contribution in [-0.4, -0.2) is 0 Å². The van der Waals surface area contributed by atoms with Gasteiger partial charge in [0.15, 0.2) is 0 Å². The summed E-state index contributed by atoms with van der Waals surface area (Å²) in [6.07, 6.45) is 5.60. The topological polar surface area (TPSA) is 0 Å². The number of hydrogen-bond donors (Lipinski definition) is 0. The van der Waals surface area contributed by atoms with Gasteiger partial charge >= 0.3 is 0 Å². The highest BCUT2D eigenvalue weighted by molar-refractivity contribution is 5.82. The summed E-state index contributed by atoms with van der Waals surface area (Å²) >= 11 is 0. The molecule has 0 heteroatoms. The molecule has 24 heavy (non-hydrogen) atoms. The molecule has 0 radical (unpaired) electrons. The lowest BCUT2D eigenvalue weighted by Crippen LogP contribution is -1.79. The number of aryl methyl sites for hydroxylation is 2. The quantitative estimate of drug-likeness (QED) is 0.461. The number of benzene rings is 3. The lowest BCUT2D eigenvalue weighted by Gasteiger charge is -2.00. The molecular weight excluding hydrogens is 288 g/mol. The van der Waals surface area contributed by atoms with Gasteiger partial charge in [-0.05, 0) is 35.8 Å². The molecule has 0 aliphatic rings. The van der Waals surface area contributed by atoms with Gasteiger partial charge in [0.05, 0.1) is 0 Å². The van der Waals surface area contributed by atoms with Gasteiger partial charge < -0.3 is 0 Å². The molecular formula is C24H24. The van der Waals surface area contributed by atoms with Gasteiger partial charge in [0, 0.05) is 0 Å². The molecule has 0 bridgehead atoms. The van der Waals surface area contributed by atoms with Crippen LogP contribution in [0.2, 0.25) is 0 Å². The van der Waals surface area contributed by atoms with Crippen molar-refractivity contribution in [3.05, 3.63) is 115 Å². The van der Waals surface area contributed by atoms with E-state index < -0.39 is 0 Å². The van der Waals surface area contributed by atoms with Crippen LogP contribution in [0.1, 0.15) is 16.7 Å². The van der Waals surface area contributed by atoms with Gasteiger partial charge in [-0.15, -0.1) is 0 Å². The summed E-state index contributed by atoms with van der Waals surface area (Å²) < 4.78 is 0. The zero-order valence-corrected chi connectivity index (χ0v) is 14.5. The number of rotatable bonds is 3. The van der Waals surface area contributed by atoms with Crippen LogP contribution in [0.25, 0.3) is 16.3 Å². The summed E-state index contributed by atoms with van der Waals surface area (Å²) in [7, 11) is 0. The van der Waals surface area contributed by atoms with Crippen molar-refractivity contribution in [3.8, 4) is 0 Å². The Kier molecular flexibility index (Phi) is 6.33. The second-order valence-corrected chi connectivity index (χ2v) is 5.84. The molecule has 3 rings (SSSR count). The summed E-state index contributed by atoms with van der Waals surface area (Å²) in [5.74, 6) is 0. The third kappa shape index (κ3) is 5.10. The highest BCUT2D eigenvalue weighted by Gasteiger charge is 1.93. The molecule has 0 heterocycles. The van der Waals surface area contributed by atoms with E-state index in [2.05, 4.69) is 87.7 Å². The number of hydrogen-bond acceptors (Lipinski definition) is 0. The minimum atomic E-state index is 1.02. The molecule has 0 N–H and O–H groups in total. The van der Waals surface area contributed by atoms with Crippen LogP contribution in [0.3, 0.4) is 0 Å². The van der Waals surface area contributed by atoms with Crippen molar-refractivity contribution in [2.45, 2.75) is 13.8 Å². The minimum absolute atomic E-state index is 1.02. The van der Waals surface area contributed by atoms with Gasteiger partial charge in [-0.1, -0.05) is 109 Å². The van der Waals surface area contributed by atoms with Gasteiger partial charge in [0.25, 0.3) is 0 Å². The maximum atomic E-state index is 3.97. The molecule has 120 valence electrons. The second kappa shape index (κ2) is 8.69. The molecule has 0 saturated heterocycles. The predicted molar refractivity (Wildman–Crippen MR) is 108 cm³/mol. The van der Waals surface area contributed by atoms with E-state index in [1.54, 1.807) is 6.08 Å².